The number of anilines is 3. The molecule has 3 aromatic rings. The van der Waals surface area contributed by atoms with E-state index in [1.54, 1.807) is 6.20 Å². The molecule has 0 fully saturated rings. The number of halogens is 2. The van der Waals surface area contributed by atoms with Crippen LogP contribution in [0.1, 0.15) is 5.56 Å². The molecule has 0 atom stereocenters. The molecule has 122 valence electrons. The average molecular weight is 359 g/mol. The van der Waals surface area contributed by atoms with Crippen LogP contribution in [-0.4, -0.2) is 16.5 Å². The summed E-state index contributed by atoms with van der Waals surface area (Å²) in [5, 5.41) is 7.89. The van der Waals surface area contributed by atoms with E-state index in [4.69, 9.17) is 23.2 Å². The van der Waals surface area contributed by atoms with Crippen LogP contribution in [0.15, 0.2) is 60.8 Å². The van der Waals surface area contributed by atoms with Crippen molar-refractivity contribution in [2.45, 2.75) is 6.42 Å². The maximum atomic E-state index is 5.89. The lowest BCUT2D eigenvalue weighted by atomic mass is 10.1. The Hall–Kier alpha value is -2.30. The monoisotopic (exact) mass is 358 g/mol. The zero-order chi connectivity index (χ0) is 16.8. The van der Waals surface area contributed by atoms with Gasteiger partial charge in [-0.15, -0.1) is 0 Å². The molecule has 2 aromatic carbocycles. The molecule has 6 heteroatoms. The number of nitrogens with one attached hydrogen (secondary N) is 2. The molecular weight excluding hydrogens is 343 g/mol. The molecule has 0 aliphatic rings. The van der Waals surface area contributed by atoms with Gasteiger partial charge in [-0.05, 0) is 54.4 Å². The molecule has 0 bridgehead atoms. The van der Waals surface area contributed by atoms with Gasteiger partial charge < -0.3 is 10.6 Å². The van der Waals surface area contributed by atoms with Gasteiger partial charge in [-0.3, -0.25) is 0 Å². The van der Waals surface area contributed by atoms with E-state index < -0.39 is 0 Å². The molecule has 2 N–H and O–H groups in total. The molecule has 0 radical (unpaired) electrons. The second-order valence-electron chi connectivity index (χ2n) is 5.20. The van der Waals surface area contributed by atoms with Crippen LogP contribution in [0.2, 0.25) is 10.0 Å². The van der Waals surface area contributed by atoms with E-state index in [0.717, 1.165) is 29.5 Å². The number of nitrogens with zero attached hydrogens (tertiary/aromatic N) is 2. The first-order chi connectivity index (χ1) is 11.7. The Bertz CT molecular complexity index is 789. The second-order valence-corrected chi connectivity index (χ2v) is 6.07. The van der Waals surface area contributed by atoms with Crippen LogP contribution in [0.5, 0.6) is 0 Å². The predicted octanol–water partition coefficient (Wildman–Crippen LogP) is 5.18. The zero-order valence-electron chi connectivity index (χ0n) is 12.8. The van der Waals surface area contributed by atoms with Crippen LogP contribution < -0.4 is 10.6 Å². The van der Waals surface area contributed by atoms with Gasteiger partial charge in [0.25, 0.3) is 0 Å². The molecule has 0 unspecified atom stereocenters. The fraction of sp³-hybridized carbons (Fsp3) is 0.111. The lowest BCUT2D eigenvalue weighted by molar-refractivity contribution is 1.00. The Morgan fingerprint density at radius 1 is 0.833 bits per heavy atom. The van der Waals surface area contributed by atoms with Crippen molar-refractivity contribution in [3.8, 4) is 0 Å². The van der Waals surface area contributed by atoms with Gasteiger partial charge in [-0.2, -0.15) is 4.98 Å². The van der Waals surface area contributed by atoms with Crippen molar-refractivity contribution < 1.29 is 0 Å². The number of benzene rings is 2. The summed E-state index contributed by atoms with van der Waals surface area (Å²) in [7, 11) is 0. The van der Waals surface area contributed by atoms with E-state index in [9.17, 15) is 0 Å². The van der Waals surface area contributed by atoms with Gasteiger partial charge in [0.15, 0.2) is 0 Å². The van der Waals surface area contributed by atoms with Crippen LogP contribution in [-0.2, 0) is 6.42 Å². The minimum absolute atomic E-state index is 0.536. The van der Waals surface area contributed by atoms with E-state index in [1.807, 2.05) is 54.6 Å². The summed E-state index contributed by atoms with van der Waals surface area (Å²) in [5.74, 6) is 1.31. The molecule has 1 aromatic heterocycles. The molecule has 4 nitrogen and oxygen atoms in total. The Morgan fingerprint density at radius 3 is 2.21 bits per heavy atom. The summed E-state index contributed by atoms with van der Waals surface area (Å²) in [6.07, 6.45) is 2.61. The summed E-state index contributed by atoms with van der Waals surface area (Å²) in [5.41, 5.74) is 2.11. The maximum absolute atomic E-state index is 5.89. The summed E-state index contributed by atoms with van der Waals surface area (Å²) < 4.78 is 0. The summed E-state index contributed by atoms with van der Waals surface area (Å²) >= 11 is 11.8. The third kappa shape index (κ3) is 4.85. The van der Waals surface area contributed by atoms with Crippen LogP contribution >= 0.6 is 23.2 Å². The minimum atomic E-state index is 0.536. The van der Waals surface area contributed by atoms with E-state index in [2.05, 4.69) is 20.6 Å². The maximum Gasteiger partial charge on any atom is 0.229 e. The Labute approximate surface area is 150 Å². The normalized spacial score (nSPS) is 10.4. The first-order valence-electron chi connectivity index (χ1n) is 7.53. The third-order valence-corrected chi connectivity index (χ3v) is 3.89. The smallest absolute Gasteiger partial charge is 0.229 e. The second kappa shape index (κ2) is 7.99. The highest BCUT2D eigenvalue weighted by Gasteiger charge is 2.01. The molecule has 0 spiro atoms. The van der Waals surface area contributed by atoms with E-state index in [-0.39, 0.29) is 0 Å². The number of hydrogen-bond donors (Lipinski definition) is 2. The molecule has 1 heterocycles. The van der Waals surface area contributed by atoms with Crippen LogP contribution in [0.4, 0.5) is 17.5 Å². The van der Waals surface area contributed by atoms with Crippen molar-refractivity contribution in [1.82, 2.24) is 9.97 Å². The Kier molecular flexibility index (Phi) is 5.51. The minimum Gasteiger partial charge on any atom is -0.370 e. The van der Waals surface area contributed by atoms with E-state index in [1.165, 1.54) is 5.56 Å². The van der Waals surface area contributed by atoms with Crippen LogP contribution in [0.3, 0.4) is 0 Å². The van der Waals surface area contributed by atoms with Gasteiger partial charge in [-0.25, -0.2) is 4.98 Å². The standard InChI is InChI=1S/C18H16Cl2N4/c19-14-3-1-13(2-4-14)9-11-21-17-10-12-22-18(24-17)23-16-7-5-15(20)6-8-16/h1-8,10,12H,9,11H2,(H2,21,22,23,24). The molecule has 0 aliphatic heterocycles. The molecule has 3 rings (SSSR count). The Balaban J connectivity index is 1.56. The van der Waals surface area contributed by atoms with Crippen molar-refractivity contribution in [1.29, 1.82) is 0 Å². The van der Waals surface area contributed by atoms with Gasteiger partial charge >= 0.3 is 0 Å². The van der Waals surface area contributed by atoms with E-state index in [0.29, 0.717) is 11.0 Å². The fourth-order valence-corrected chi connectivity index (χ4v) is 2.42. The van der Waals surface area contributed by atoms with Gasteiger partial charge in [0.2, 0.25) is 5.95 Å². The zero-order valence-corrected chi connectivity index (χ0v) is 14.3. The van der Waals surface area contributed by atoms with Crippen molar-refractivity contribution >= 4 is 40.7 Å². The van der Waals surface area contributed by atoms with Gasteiger partial charge in [0.1, 0.15) is 5.82 Å². The molecule has 0 saturated carbocycles. The number of rotatable bonds is 6. The highest BCUT2D eigenvalue weighted by Crippen LogP contribution is 2.17. The lowest BCUT2D eigenvalue weighted by Crippen LogP contribution is -2.07. The number of aromatic nitrogens is 2. The Morgan fingerprint density at radius 2 is 1.50 bits per heavy atom. The van der Waals surface area contributed by atoms with Crippen molar-refractivity contribution in [3.63, 3.8) is 0 Å². The predicted molar refractivity (Wildman–Crippen MR) is 100 cm³/mol. The average Bonchev–Trinajstić information content (AvgIpc) is 2.59. The van der Waals surface area contributed by atoms with Crippen LogP contribution in [0.25, 0.3) is 0 Å². The summed E-state index contributed by atoms with van der Waals surface area (Å²) in [6.45, 7) is 0.777. The summed E-state index contributed by atoms with van der Waals surface area (Å²) in [6, 6.07) is 17.1. The first kappa shape index (κ1) is 16.6. The largest absolute Gasteiger partial charge is 0.370 e. The van der Waals surface area contributed by atoms with Gasteiger partial charge in [-0.1, -0.05) is 35.3 Å². The highest BCUT2D eigenvalue weighted by atomic mass is 35.5. The molecule has 0 amide bonds. The fourth-order valence-electron chi connectivity index (χ4n) is 2.17. The lowest BCUT2D eigenvalue weighted by Gasteiger charge is -2.08. The quantitative estimate of drug-likeness (QED) is 0.637. The third-order valence-electron chi connectivity index (χ3n) is 3.39. The van der Waals surface area contributed by atoms with Gasteiger partial charge in [0.05, 0.1) is 0 Å². The van der Waals surface area contributed by atoms with Gasteiger partial charge in [0, 0.05) is 28.5 Å². The van der Waals surface area contributed by atoms with Crippen molar-refractivity contribution in [2.75, 3.05) is 17.2 Å². The topological polar surface area (TPSA) is 49.8 Å². The SMILES string of the molecule is Clc1ccc(CCNc2ccnc(Nc3ccc(Cl)cc3)n2)cc1. The molecule has 0 saturated heterocycles. The molecule has 0 aliphatic carbocycles. The van der Waals surface area contributed by atoms with E-state index >= 15 is 0 Å². The van der Waals surface area contributed by atoms with Crippen molar-refractivity contribution in [2.24, 2.45) is 0 Å². The first-order valence-corrected chi connectivity index (χ1v) is 8.28. The molecule has 24 heavy (non-hydrogen) atoms. The van der Waals surface area contributed by atoms with Crippen LogP contribution in [0, 0.1) is 0 Å². The molecular formula is C18H16Cl2N4. The number of hydrogen-bond acceptors (Lipinski definition) is 4. The van der Waals surface area contributed by atoms with Crippen molar-refractivity contribution in [3.05, 3.63) is 76.4 Å². The summed E-state index contributed by atoms with van der Waals surface area (Å²) in [4.78, 5) is 8.67. The highest BCUT2D eigenvalue weighted by molar-refractivity contribution is 6.30.